The van der Waals surface area contributed by atoms with Gasteiger partial charge < -0.3 is 9.32 Å². The lowest BCUT2D eigenvalue weighted by molar-refractivity contribution is 0.0698. The van der Waals surface area contributed by atoms with Gasteiger partial charge >= 0.3 is 0 Å². The van der Waals surface area contributed by atoms with Crippen LogP contribution < -0.4 is 0 Å². The topological polar surface area (TPSA) is 59.2 Å². The molecule has 1 aromatic heterocycles. The zero-order valence-electron chi connectivity index (χ0n) is 14.7. The monoisotopic (exact) mass is 403 g/mol. The molecule has 1 fully saturated rings. The van der Waals surface area contributed by atoms with Crippen molar-refractivity contribution in [2.75, 3.05) is 13.1 Å². The lowest BCUT2D eigenvalue weighted by atomic mass is 9.97. The zero-order chi connectivity index (χ0) is 19.7. The first-order chi connectivity index (χ1) is 13.5. The first kappa shape index (κ1) is 18.6. The lowest BCUT2D eigenvalue weighted by Gasteiger charge is -2.31. The highest BCUT2D eigenvalue weighted by Gasteiger charge is 2.30. The fourth-order valence-corrected chi connectivity index (χ4v) is 3.55. The minimum absolute atomic E-state index is 0.0866. The van der Waals surface area contributed by atoms with Crippen molar-refractivity contribution in [2.24, 2.45) is 0 Å². The molecule has 144 valence electrons. The molecule has 2 aromatic carbocycles. The van der Waals surface area contributed by atoms with E-state index < -0.39 is 5.82 Å². The van der Waals surface area contributed by atoms with E-state index in [2.05, 4.69) is 10.2 Å². The van der Waals surface area contributed by atoms with Gasteiger partial charge in [0, 0.05) is 18.7 Å². The Bertz CT molecular complexity index is 1010. The van der Waals surface area contributed by atoms with Gasteiger partial charge in [-0.2, -0.15) is 0 Å². The molecule has 0 aliphatic carbocycles. The van der Waals surface area contributed by atoms with Crippen LogP contribution in [0.15, 0.2) is 46.9 Å². The highest BCUT2D eigenvalue weighted by Crippen LogP contribution is 2.30. The third-order valence-corrected chi connectivity index (χ3v) is 5.06. The van der Waals surface area contributed by atoms with Crippen LogP contribution in [-0.4, -0.2) is 34.1 Å². The number of nitrogens with zero attached hydrogens (tertiary/aromatic N) is 3. The summed E-state index contributed by atoms with van der Waals surface area (Å²) in [5.74, 6) is -0.463. The average Bonchev–Trinajstić information content (AvgIpc) is 3.18. The number of hydrogen-bond acceptors (Lipinski definition) is 4. The maximum absolute atomic E-state index is 13.2. The number of piperidine rings is 1. The molecule has 0 radical (unpaired) electrons. The Labute approximate surface area is 164 Å². The molecule has 1 atom stereocenters. The van der Waals surface area contributed by atoms with Gasteiger partial charge in [-0.3, -0.25) is 4.79 Å². The van der Waals surface area contributed by atoms with Gasteiger partial charge in [-0.15, -0.1) is 10.2 Å². The summed E-state index contributed by atoms with van der Waals surface area (Å²) in [6.45, 7) is 0.972. The lowest BCUT2D eigenvalue weighted by Crippen LogP contribution is -2.39. The molecule has 5 nitrogen and oxygen atoms in total. The summed E-state index contributed by atoms with van der Waals surface area (Å²) < 4.78 is 32.1. The second-order valence-corrected chi connectivity index (χ2v) is 7.07. The maximum Gasteiger partial charge on any atom is 0.255 e. The van der Waals surface area contributed by atoms with E-state index in [1.165, 1.54) is 24.3 Å². The fraction of sp³-hybridized carbons (Fsp3) is 0.250. The molecule has 0 spiro atoms. The Kier molecular flexibility index (Phi) is 5.09. The highest BCUT2D eigenvalue weighted by atomic mass is 35.5. The number of benzene rings is 2. The van der Waals surface area contributed by atoms with Crippen LogP contribution in [0.1, 0.15) is 35.0 Å². The number of carbonyl (C=O) groups is 1. The maximum atomic E-state index is 13.2. The first-order valence-electron chi connectivity index (χ1n) is 8.85. The van der Waals surface area contributed by atoms with Gasteiger partial charge in [0.25, 0.3) is 5.91 Å². The summed E-state index contributed by atoms with van der Waals surface area (Å²) in [7, 11) is 0. The number of amides is 1. The third-order valence-electron chi connectivity index (χ3n) is 4.75. The second kappa shape index (κ2) is 7.67. The largest absolute Gasteiger partial charge is 0.420 e. The van der Waals surface area contributed by atoms with Gasteiger partial charge in [0.1, 0.15) is 11.6 Å². The molecular formula is C20H16ClF2N3O2. The summed E-state index contributed by atoms with van der Waals surface area (Å²) in [4.78, 5) is 14.4. The number of carbonyl (C=O) groups excluding carboxylic acids is 1. The summed E-state index contributed by atoms with van der Waals surface area (Å²) in [6.07, 6.45) is 1.56. The minimum atomic E-state index is -0.489. The first-order valence-corrected chi connectivity index (χ1v) is 9.23. The Morgan fingerprint density at radius 1 is 1.11 bits per heavy atom. The minimum Gasteiger partial charge on any atom is -0.420 e. The van der Waals surface area contributed by atoms with Crippen molar-refractivity contribution >= 4 is 17.5 Å². The van der Waals surface area contributed by atoms with Gasteiger partial charge in [0.2, 0.25) is 11.8 Å². The molecule has 1 aliphatic heterocycles. The third kappa shape index (κ3) is 3.75. The van der Waals surface area contributed by atoms with E-state index >= 15 is 0 Å². The molecule has 28 heavy (non-hydrogen) atoms. The predicted molar refractivity (Wildman–Crippen MR) is 99.0 cm³/mol. The van der Waals surface area contributed by atoms with Crippen molar-refractivity contribution in [3.63, 3.8) is 0 Å². The van der Waals surface area contributed by atoms with E-state index in [0.29, 0.717) is 30.4 Å². The van der Waals surface area contributed by atoms with Crippen LogP contribution in [0, 0.1) is 11.6 Å². The van der Waals surface area contributed by atoms with Crippen LogP contribution in [0.4, 0.5) is 8.78 Å². The normalized spacial score (nSPS) is 17.0. The Morgan fingerprint density at radius 2 is 1.86 bits per heavy atom. The van der Waals surface area contributed by atoms with Crippen molar-refractivity contribution in [3.8, 4) is 11.5 Å². The quantitative estimate of drug-likeness (QED) is 0.636. The summed E-state index contributed by atoms with van der Waals surface area (Å²) in [5.41, 5.74) is 0.892. The summed E-state index contributed by atoms with van der Waals surface area (Å²) >= 11 is 6.02. The zero-order valence-corrected chi connectivity index (χ0v) is 15.5. The predicted octanol–water partition coefficient (Wildman–Crippen LogP) is 4.69. The van der Waals surface area contributed by atoms with E-state index in [-0.39, 0.29) is 28.2 Å². The molecule has 8 heteroatoms. The van der Waals surface area contributed by atoms with E-state index in [4.69, 9.17) is 16.0 Å². The molecule has 2 heterocycles. The Morgan fingerprint density at radius 3 is 2.61 bits per heavy atom. The van der Waals surface area contributed by atoms with E-state index in [1.54, 1.807) is 17.0 Å². The van der Waals surface area contributed by atoms with E-state index in [9.17, 15) is 13.6 Å². The van der Waals surface area contributed by atoms with Gasteiger partial charge in [-0.1, -0.05) is 11.6 Å². The Hall–Kier alpha value is -2.80. The second-order valence-electron chi connectivity index (χ2n) is 6.67. The molecule has 0 N–H and O–H groups in total. The van der Waals surface area contributed by atoms with E-state index in [1.807, 2.05) is 0 Å². The summed E-state index contributed by atoms with van der Waals surface area (Å²) in [5, 5.41) is 8.23. The fourth-order valence-electron chi connectivity index (χ4n) is 3.31. The molecule has 0 bridgehead atoms. The van der Waals surface area contributed by atoms with Crippen molar-refractivity contribution in [1.82, 2.24) is 15.1 Å². The van der Waals surface area contributed by atoms with Crippen molar-refractivity contribution in [1.29, 1.82) is 0 Å². The van der Waals surface area contributed by atoms with Crippen LogP contribution >= 0.6 is 11.6 Å². The average molecular weight is 404 g/mol. The molecule has 4 rings (SSSR count). The molecule has 0 saturated carbocycles. The van der Waals surface area contributed by atoms with Gasteiger partial charge in [-0.05, 0) is 55.3 Å². The number of aromatic nitrogens is 2. The van der Waals surface area contributed by atoms with Gasteiger partial charge in [0.15, 0.2) is 0 Å². The van der Waals surface area contributed by atoms with Crippen LogP contribution in [0.3, 0.4) is 0 Å². The smallest absolute Gasteiger partial charge is 0.255 e. The van der Waals surface area contributed by atoms with Crippen molar-refractivity contribution < 1.29 is 18.0 Å². The number of rotatable bonds is 3. The molecule has 1 amide bonds. The molecule has 1 aliphatic rings. The molecule has 1 unspecified atom stereocenters. The molecule has 1 saturated heterocycles. The molecule has 3 aromatic rings. The number of hydrogen-bond donors (Lipinski definition) is 0. The van der Waals surface area contributed by atoms with Crippen LogP contribution in [0.2, 0.25) is 5.02 Å². The summed E-state index contributed by atoms with van der Waals surface area (Å²) in [6, 6.07) is 9.53. The van der Waals surface area contributed by atoms with Crippen LogP contribution in [0.5, 0.6) is 0 Å². The molecular weight excluding hydrogens is 388 g/mol. The van der Waals surface area contributed by atoms with E-state index in [0.717, 1.165) is 18.9 Å². The number of halogens is 3. The standard InChI is InChI=1S/C20H16ClF2N3O2/c21-17-10-15(23)7-8-16(17)20(27)26-9-1-2-13(11-26)19-25-24-18(28-19)12-3-5-14(22)6-4-12/h3-8,10,13H,1-2,9,11H2. The van der Waals surface area contributed by atoms with Crippen molar-refractivity contribution in [2.45, 2.75) is 18.8 Å². The van der Waals surface area contributed by atoms with Crippen LogP contribution in [0.25, 0.3) is 11.5 Å². The Balaban J connectivity index is 1.51. The van der Waals surface area contributed by atoms with Gasteiger partial charge in [0.05, 0.1) is 16.5 Å². The van der Waals surface area contributed by atoms with Crippen LogP contribution in [-0.2, 0) is 0 Å². The van der Waals surface area contributed by atoms with Gasteiger partial charge in [-0.25, -0.2) is 8.78 Å². The highest BCUT2D eigenvalue weighted by molar-refractivity contribution is 6.33. The number of likely N-dealkylation sites (tertiary alicyclic amines) is 1. The SMILES string of the molecule is O=C(c1ccc(F)cc1Cl)N1CCCC(c2nnc(-c3ccc(F)cc3)o2)C1. The van der Waals surface area contributed by atoms with Crippen molar-refractivity contribution in [3.05, 3.63) is 70.6 Å².